The van der Waals surface area contributed by atoms with Crippen molar-refractivity contribution in [2.75, 3.05) is 7.11 Å². The first-order chi connectivity index (χ1) is 13.2. The van der Waals surface area contributed by atoms with E-state index >= 15 is 0 Å². The number of allylic oxidation sites excluding steroid dienone is 1. The van der Waals surface area contributed by atoms with Crippen molar-refractivity contribution >= 4 is 27.6 Å². The van der Waals surface area contributed by atoms with Crippen LogP contribution in [0.3, 0.4) is 0 Å². The van der Waals surface area contributed by atoms with E-state index in [0.717, 1.165) is 21.2 Å². The number of ether oxygens (including phenoxy) is 2. The van der Waals surface area contributed by atoms with Crippen LogP contribution in [0.25, 0.3) is 11.6 Å². The molecule has 0 bridgehead atoms. The summed E-state index contributed by atoms with van der Waals surface area (Å²) in [4.78, 5) is 0. The second-order valence-corrected chi connectivity index (χ2v) is 6.78. The molecule has 0 N–H and O–H groups in total. The van der Waals surface area contributed by atoms with Gasteiger partial charge in [0.25, 0.3) is 0 Å². The lowest BCUT2D eigenvalue weighted by Gasteiger charge is -2.11. The van der Waals surface area contributed by atoms with Crippen molar-refractivity contribution in [2.45, 2.75) is 6.61 Å². The van der Waals surface area contributed by atoms with Gasteiger partial charge < -0.3 is 9.47 Å². The molecule has 0 fully saturated rings. The number of halogens is 1. The molecule has 0 atom stereocenters. The van der Waals surface area contributed by atoms with Crippen LogP contribution in [0, 0.1) is 11.3 Å². The molecule has 4 heteroatoms. The molecule has 0 radical (unpaired) electrons. The van der Waals surface area contributed by atoms with Crippen molar-refractivity contribution in [1.29, 1.82) is 5.26 Å². The first-order valence-electron chi connectivity index (χ1n) is 8.42. The van der Waals surface area contributed by atoms with Crippen molar-refractivity contribution in [2.24, 2.45) is 0 Å². The van der Waals surface area contributed by atoms with Crippen LogP contribution in [0.15, 0.2) is 77.3 Å². The lowest BCUT2D eigenvalue weighted by Crippen LogP contribution is -1.97. The number of benzene rings is 3. The van der Waals surface area contributed by atoms with Gasteiger partial charge in [-0.3, -0.25) is 0 Å². The zero-order valence-electron chi connectivity index (χ0n) is 14.9. The maximum absolute atomic E-state index is 9.52. The summed E-state index contributed by atoms with van der Waals surface area (Å²) in [6, 6.07) is 25.5. The Bertz CT molecular complexity index is 974. The van der Waals surface area contributed by atoms with Crippen LogP contribution in [-0.2, 0) is 6.61 Å². The molecule has 0 unspecified atom stereocenters. The molecule has 3 rings (SSSR count). The van der Waals surface area contributed by atoms with Gasteiger partial charge >= 0.3 is 0 Å². The van der Waals surface area contributed by atoms with Crippen molar-refractivity contribution in [3.8, 4) is 17.6 Å². The van der Waals surface area contributed by atoms with E-state index in [0.29, 0.717) is 23.7 Å². The number of nitrogens with zero attached hydrogens (tertiary/aromatic N) is 1. The summed E-state index contributed by atoms with van der Waals surface area (Å²) in [7, 11) is 1.61. The highest BCUT2D eigenvalue weighted by atomic mass is 79.9. The number of hydrogen-bond acceptors (Lipinski definition) is 3. The van der Waals surface area contributed by atoms with Gasteiger partial charge in [-0.25, -0.2) is 0 Å². The van der Waals surface area contributed by atoms with Crippen molar-refractivity contribution in [3.05, 3.63) is 94.0 Å². The highest BCUT2D eigenvalue weighted by Gasteiger charge is 2.07. The summed E-state index contributed by atoms with van der Waals surface area (Å²) in [5, 5.41) is 9.52. The van der Waals surface area contributed by atoms with E-state index < -0.39 is 0 Å². The van der Waals surface area contributed by atoms with Gasteiger partial charge in [-0.1, -0.05) is 64.5 Å². The maximum Gasteiger partial charge on any atom is 0.161 e. The van der Waals surface area contributed by atoms with Crippen LogP contribution < -0.4 is 9.47 Å². The molecule has 0 aliphatic rings. The summed E-state index contributed by atoms with van der Waals surface area (Å²) in [5.41, 5.74) is 3.41. The van der Waals surface area contributed by atoms with Crippen molar-refractivity contribution in [1.82, 2.24) is 0 Å². The Morgan fingerprint density at radius 1 is 1.00 bits per heavy atom. The molecule has 0 saturated carbocycles. The van der Waals surface area contributed by atoms with Crippen LogP contribution in [-0.4, -0.2) is 7.11 Å². The third-order valence-electron chi connectivity index (χ3n) is 4.01. The molecule has 0 spiro atoms. The first-order valence-corrected chi connectivity index (χ1v) is 9.21. The largest absolute Gasteiger partial charge is 0.493 e. The zero-order valence-corrected chi connectivity index (χ0v) is 16.4. The number of rotatable bonds is 6. The predicted molar refractivity (Wildman–Crippen MR) is 111 cm³/mol. The van der Waals surface area contributed by atoms with E-state index in [2.05, 4.69) is 22.0 Å². The highest BCUT2D eigenvalue weighted by Crippen LogP contribution is 2.30. The molecular weight excluding hydrogens is 402 g/mol. The molecule has 0 heterocycles. The fourth-order valence-corrected chi connectivity index (χ4v) is 2.87. The summed E-state index contributed by atoms with van der Waals surface area (Å²) in [6.07, 6.45) is 1.84. The molecule has 3 aromatic rings. The van der Waals surface area contributed by atoms with Gasteiger partial charge in [-0.2, -0.15) is 5.26 Å². The summed E-state index contributed by atoms with van der Waals surface area (Å²) < 4.78 is 12.3. The van der Waals surface area contributed by atoms with Crippen LogP contribution in [0.4, 0.5) is 0 Å². The molecule has 0 aliphatic heterocycles. The number of hydrogen-bond donors (Lipinski definition) is 0. The second kappa shape index (κ2) is 9.07. The number of methoxy groups -OCH3 is 1. The van der Waals surface area contributed by atoms with Gasteiger partial charge in [-0.05, 0) is 47.0 Å². The van der Waals surface area contributed by atoms with Crippen LogP contribution in [0.1, 0.15) is 16.7 Å². The molecule has 0 aliphatic carbocycles. The highest BCUT2D eigenvalue weighted by molar-refractivity contribution is 9.10. The van der Waals surface area contributed by atoms with Gasteiger partial charge in [0.1, 0.15) is 6.61 Å². The number of nitriles is 1. The molecule has 0 amide bonds. The van der Waals surface area contributed by atoms with Gasteiger partial charge in [0.2, 0.25) is 0 Å². The molecule has 0 aromatic heterocycles. The van der Waals surface area contributed by atoms with Crippen molar-refractivity contribution in [3.63, 3.8) is 0 Å². The third kappa shape index (κ3) is 4.99. The van der Waals surface area contributed by atoms with E-state index in [1.165, 1.54) is 0 Å². The van der Waals surface area contributed by atoms with Crippen LogP contribution in [0.2, 0.25) is 0 Å². The molecule has 0 saturated heterocycles. The minimum atomic E-state index is 0.467. The Morgan fingerprint density at radius 3 is 2.41 bits per heavy atom. The van der Waals surface area contributed by atoms with Crippen molar-refractivity contribution < 1.29 is 9.47 Å². The Labute approximate surface area is 167 Å². The zero-order chi connectivity index (χ0) is 19.1. The average molecular weight is 420 g/mol. The standard InChI is InChI=1S/C23H18BrNO2/c1-26-23-14-18(13-20(15-25)19-8-10-21(24)11-9-19)7-12-22(23)27-16-17-5-3-2-4-6-17/h2-14H,16H2,1H3. The van der Waals surface area contributed by atoms with Gasteiger partial charge in [0, 0.05) is 4.47 Å². The minimum absolute atomic E-state index is 0.467. The maximum atomic E-state index is 9.52. The minimum Gasteiger partial charge on any atom is -0.493 e. The summed E-state index contributed by atoms with van der Waals surface area (Å²) in [6.45, 7) is 0.467. The van der Waals surface area contributed by atoms with E-state index in [9.17, 15) is 5.26 Å². The Morgan fingerprint density at radius 2 is 1.74 bits per heavy atom. The average Bonchev–Trinajstić information content (AvgIpc) is 2.72. The predicted octanol–water partition coefficient (Wildman–Crippen LogP) is 6.10. The molecular formula is C23H18BrNO2. The van der Waals surface area contributed by atoms with Gasteiger partial charge in [0.05, 0.1) is 18.8 Å². The van der Waals surface area contributed by atoms with E-state index in [1.807, 2.05) is 78.9 Å². The Hall–Kier alpha value is -3.03. The Kier molecular flexibility index (Phi) is 6.30. The van der Waals surface area contributed by atoms with Gasteiger partial charge in [-0.15, -0.1) is 0 Å². The molecule has 3 nitrogen and oxygen atoms in total. The summed E-state index contributed by atoms with van der Waals surface area (Å²) in [5.74, 6) is 1.30. The van der Waals surface area contributed by atoms with Crippen LogP contribution >= 0.6 is 15.9 Å². The summed E-state index contributed by atoms with van der Waals surface area (Å²) >= 11 is 3.41. The smallest absolute Gasteiger partial charge is 0.161 e. The molecule has 3 aromatic carbocycles. The van der Waals surface area contributed by atoms with E-state index in [4.69, 9.17) is 9.47 Å². The fraction of sp³-hybridized carbons (Fsp3) is 0.0870. The monoisotopic (exact) mass is 419 g/mol. The topological polar surface area (TPSA) is 42.2 Å². The first kappa shape index (κ1) is 18.8. The van der Waals surface area contributed by atoms with E-state index in [-0.39, 0.29) is 0 Å². The molecule has 27 heavy (non-hydrogen) atoms. The van der Waals surface area contributed by atoms with Gasteiger partial charge in [0.15, 0.2) is 11.5 Å². The second-order valence-electron chi connectivity index (χ2n) is 5.86. The fourth-order valence-electron chi connectivity index (χ4n) is 2.60. The third-order valence-corrected chi connectivity index (χ3v) is 4.54. The lowest BCUT2D eigenvalue weighted by atomic mass is 10.0. The lowest BCUT2D eigenvalue weighted by molar-refractivity contribution is 0.284. The Balaban J connectivity index is 1.82. The quantitative estimate of drug-likeness (QED) is 0.357. The molecule has 134 valence electrons. The van der Waals surface area contributed by atoms with E-state index in [1.54, 1.807) is 7.11 Å². The SMILES string of the molecule is COc1cc(C=C(C#N)c2ccc(Br)cc2)ccc1OCc1ccccc1. The normalized spacial score (nSPS) is 10.9. The van der Waals surface area contributed by atoms with Crippen LogP contribution in [0.5, 0.6) is 11.5 Å².